The molecule has 10 nitrogen and oxygen atoms in total. The Bertz CT molecular complexity index is 1590. The van der Waals surface area contributed by atoms with Crippen molar-refractivity contribution in [3.8, 4) is 0 Å². The maximum Gasteiger partial charge on any atom is 0.311 e. The molecule has 370 valence electrons. The van der Waals surface area contributed by atoms with Crippen molar-refractivity contribution in [2.24, 2.45) is 76.9 Å². The summed E-state index contributed by atoms with van der Waals surface area (Å²) in [4.78, 5) is 40.1. The summed E-state index contributed by atoms with van der Waals surface area (Å²) in [5.74, 6) is 2.06. The zero-order chi connectivity index (χ0) is 47.1. The lowest BCUT2D eigenvalue weighted by molar-refractivity contribution is -0.152. The van der Waals surface area contributed by atoms with Gasteiger partial charge in [-0.15, -0.1) is 6.58 Å². The van der Waals surface area contributed by atoms with Gasteiger partial charge in [0.25, 0.3) is 0 Å². The first kappa shape index (κ1) is 52.3. The van der Waals surface area contributed by atoms with Crippen molar-refractivity contribution in [1.29, 1.82) is 0 Å². The minimum absolute atomic E-state index is 0.0532. The second-order valence-electron chi connectivity index (χ2n) is 23.2. The molecule has 6 rings (SSSR count). The third-order valence-corrected chi connectivity index (χ3v) is 18.7. The first-order valence-corrected chi connectivity index (χ1v) is 26.8. The van der Waals surface area contributed by atoms with Gasteiger partial charge in [-0.1, -0.05) is 118 Å². The second kappa shape index (κ2) is 23.9. The highest BCUT2D eigenvalue weighted by molar-refractivity contribution is 5.74. The molecule has 10 heteroatoms. The Kier molecular flexibility index (Phi) is 19.3. The van der Waals surface area contributed by atoms with Crippen LogP contribution in [0.2, 0.25) is 0 Å². The van der Waals surface area contributed by atoms with Crippen LogP contribution in [0.1, 0.15) is 159 Å². The number of aliphatic hydroxyl groups excluding tert-OH is 1. The number of nitrogens with one attached hydrogen (secondary N) is 4. The molecule has 6 aliphatic rings. The molecule has 0 spiro atoms. The van der Waals surface area contributed by atoms with Gasteiger partial charge in [0.05, 0.1) is 19.1 Å². The molecule has 19 unspecified atom stereocenters. The van der Waals surface area contributed by atoms with Gasteiger partial charge in [0.2, 0.25) is 0 Å². The summed E-state index contributed by atoms with van der Waals surface area (Å²) in [5, 5.41) is 28.4. The average molecular weight is 907 g/mol. The molecule has 0 amide bonds. The zero-order valence-electron chi connectivity index (χ0n) is 42.4. The van der Waals surface area contributed by atoms with E-state index < -0.39 is 12.0 Å². The fourth-order valence-corrected chi connectivity index (χ4v) is 14.7. The summed E-state index contributed by atoms with van der Waals surface area (Å²) in [6.07, 6.45) is 20.6. The number of aliphatic hydroxyl groups is 1. The third kappa shape index (κ3) is 12.2. The SMILES string of the molecule is C=CC1C2CC3NC(CC4NC5C(C4C)C(O)C(C(=O)OC)C5C4NC(CC(N2)C1C)C(C)C4CCC(=O)OCC=C(C)CCC[C@H](C)CCC[C@H](C)CCCC(C)C)C(CC)C3C=O. The first-order valence-electron chi connectivity index (χ1n) is 26.8. The monoisotopic (exact) mass is 907 g/mol. The topological polar surface area (TPSA) is 138 Å². The zero-order valence-corrected chi connectivity index (χ0v) is 42.4. The van der Waals surface area contributed by atoms with Crippen molar-refractivity contribution in [1.82, 2.24) is 21.3 Å². The van der Waals surface area contributed by atoms with Crippen molar-refractivity contribution in [3.63, 3.8) is 0 Å². The van der Waals surface area contributed by atoms with E-state index in [0.29, 0.717) is 25.4 Å². The van der Waals surface area contributed by atoms with E-state index in [4.69, 9.17) is 9.47 Å². The standard InChI is InChI=1S/C55H94N4O6/c1-12-38-35(8)42-27-43-36(9)40(23-24-48(61)65-26-25-34(7)22-16-21-33(6)20-15-19-32(5)18-14-17-31(3)4)52(58-43)50-51(55(63)64-11)54(62)49-37(10)44(59-53(49)50)28-46-39(13-2)41(30-60)47(57-46)29-45(38)56-42/h12,25,30-33,35-47,49-54,56-59,62H,1,13-24,26-29H2,2-11H3/t32-,33-,35?,36?,37?,38?,39?,40?,41?,42?,43?,44?,45?,46?,47?,49?,50?,51?,52?,53?,54?/m1/s1. The fourth-order valence-electron chi connectivity index (χ4n) is 14.7. The Morgan fingerprint density at radius 1 is 0.723 bits per heavy atom. The summed E-state index contributed by atoms with van der Waals surface area (Å²) in [6.45, 7) is 25.3. The van der Waals surface area contributed by atoms with Gasteiger partial charge in [0, 0.05) is 72.5 Å². The van der Waals surface area contributed by atoms with E-state index in [1.807, 2.05) is 0 Å². The fraction of sp³-hybridized carbons (Fsp3) is 0.873. The normalized spacial score (nSPS) is 41.1. The Morgan fingerprint density at radius 2 is 1.31 bits per heavy atom. The van der Waals surface area contributed by atoms with Crippen LogP contribution in [0.25, 0.3) is 0 Å². The number of ether oxygens (including phenoxy) is 2. The summed E-state index contributed by atoms with van der Waals surface area (Å²) < 4.78 is 11.4. The van der Waals surface area contributed by atoms with Gasteiger partial charge in [-0.25, -0.2) is 0 Å². The number of esters is 2. The lowest BCUT2D eigenvalue weighted by Crippen LogP contribution is -2.52. The Labute approximate surface area is 395 Å². The highest BCUT2D eigenvalue weighted by Gasteiger charge is 2.64. The summed E-state index contributed by atoms with van der Waals surface area (Å²) in [7, 11) is 1.44. The number of aldehydes is 1. The smallest absolute Gasteiger partial charge is 0.311 e. The van der Waals surface area contributed by atoms with E-state index in [9.17, 15) is 19.5 Å². The largest absolute Gasteiger partial charge is 0.469 e. The molecular weight excluding hydrogens is 813 g/mol. The van der Waals surface area contributed by atoms with Crippen molar-refractivity contribution in [3.05, 3.63) is 24.3 Å². The number of hydrogen-bond donors (Lipinski definition) is 5. The minimum Gasteiger partial charge on any atom is -0.469 e. The first-order chi connectivity index (χ1) is 31.1. The molecule has 0 aromatic heterocycles. The number of methoxy groups -OCH3 is 1. The molecule has 0 aromatic carbocycles. The van der Waals surface area contributed by atoms with Crippen molar-refractivity contribution in [2.75, 3.05) is 13.7 Å². The van der Waals surface area contributed by atoms with Crippen LogP contribution in [-0.2, 0) is 23.9 Å². The van der Waals surface area contributed by atoms with Crippen LogP contribution in [0.15, 0.2) is 24.3 Å². The predicted molar refractivity (Wildman–Crippen MR) is 262 cm³/mol. The summed E-state index contributed by atoms with van der Waals surface area (Å²) in [5.41, 5.74) is 1.28. The maximum absolute atomic E-state index is 13.8. The van der Waals surface area contributed by atoms with Crippen LogP contribution >= 0.6 is 0 Å². The van der Waals surface area contributed by atoms with Crippen LogP contribution in [0, 0.1) is 76.9 Å². The molecule has 0 radical (unpaired) electrons. The van der Waals surface area contributed by atoms with Gasteiger partial charge in [-0.05, 0) is 105 Å². The molecule has 0 aromatic rings. The predicted octanol–water partition coefficient (Wildman–Crippen LogP) is 8.80. The molecule has 5 heterocycles. The quantitative estimate of drug-likeness (QED) is 0.0432. The van der Waals surface area contributed by atoms with Crippen LogP contribution < -0.4 is 21.3 Å². The number of carbonyl (C=O) groups is 3. The summed E-state index contributed by atoms with van der Waals surface area (Å²) in [6, 6.07) is 0.759. The molecule has 5 aliphatic heterocycles. The highest BCUT2D eigenvalue weighted by Crippen LogP contribution is 2.53. The molecule has 21 atom stereocenters. The lowest BCUT2D eigenvalue weighted by atomic mass is 9.75. The third-order valence-electron chi connectivity index (χ3n) is 18.7. The molecule has 1 saturated carbocycles. The number of carbonyl (C=O) groups excluding carboxylic acids is 3. The van der Waals surface area contributed by atoms with E-state index in [0.717, 1.165) is 56.3 Å². The summed E-state index contributed by atoms with van der Waals surface area (Å²) >= 11 is 0. The maximum atomic E-state index is 13.8. The Morgan fingerprint density at radius 3 is 1.95 bits per heavy atom. The van der Waals surface area contributed by atoms with Gasteiger partial charge >= 0.3 is 11.9 Å². The van der Waals surface area contributed by atoms with Crippen molar-refractivity contribution >= 4 is 18.2 Å². The molecule has 65 heavy (non-hydrogen) atoms. The number of rotatable bonds is 21. The molecule has 5 N–H and O–H groups in total. The lowest BCUT2D eigenvalue weighted by Gasteiger charge is -2.35. The van der Waals surface area contributed by atoms with E-state index in [1.165, 1.54) is 63.9 Å². The molecular formula is C55H94N4O6. The van der Waals surface area contributed by atoms with E-state index in [2.05, 4.69) is 102 Å². The molecule has 6 fully saturated rings. The van der Waals surface area contributed by atoms with Crippen LogP contribution in [0.5, 0.6) is 0 Å². The number of fused-ring (bicyclic) bond motifs is 8. The van der Waals surface area contributed by atoms with Crippen LogP contribution in [-0.4, -0.2) is 91.5 Å². The van der Waals surface area contributed by atoms with Gasteiger partial charge in [-0.2, -0.15) is 0 Å². The molecule has 5 saturated heterocycles. The van der Waals surface area contributed by atoms with Gasteiger partial charge < -0.3 is 40.6 Å². The molecule has 8 bridgehead atoms. The Balaban J connectivity index is 1.11. The van der Waals surface area contributed by atoms with Gasteiger partial charge in [0.15, 0.2) is 0 Å². The Hall–Kier alpha value is -2.11. The average Bonchev–Trinajstić information content (AvgIpc) is 4.02. The van der Waals surface area contributed by atoms with Crippen LogP contribution in [0.4, 0.5) is 0 Å². The van der Waals surface area contributed by atoms with E-state index in [-0.39, 0.29) is 108 Å². The second-order valence-corrected chi connectivity index (χ2v) is 23.2. The van der Waals surface area contributed by atoms with Crippen molar-refractivity contribution < 1.29 is 29.0 Å². The minimum atomic E-state index is -0.846. The highest BCUT2D eigenvalue weighted by atomic mass is 16.5. The van der Waals surface area contributed by atoms with E-state index in [1.54, 1.807) is 0 Å². The van der Waals surface area contributed by atoms with Crippen LogP contribution in [0.3, 0.4) is 0 Å². The van der Waals surface area contributed by atoms with Gasteiger partial charge in [-0.3, -0.25) is 9.59 Å². The van der Waals surface area contributed by atoms with Gasteiger partial charge in [0.1, 0.15) is 12.9 Å². The number of hydrogen-bond acceptors (Lipinski definition) is 10. The van der Waals surface area contributed by atoms with Crippen molar-refractivity contribution in [2.45, 2.75) is 213 Å². The molecule has 1 aliphatic carbocycles. The van der Waals surface area contributed by atoms with E-state index >= 15 is 0 Å². The number of allylic oxidation sites excluding steroid dienone is 1.